The Labute approximate surface area is 183 Å². The standard InChI is InChI=1S/C23H32N4O4/c1-15(2)24-22(28)30-13-18-19(14-31-23(29)25-16(3)4)21(27-10-6-7-20(18)27)17-8-11-26(5)12-9-17/h8-9,11-12,15-16H,6-7,10,13-14H2,1-5H3,(H-,24,25,28,29)/p+1. The fourth-order valence-corrected chi connectivity index (χ4v) is 3.86. The van der Waals surface area contributed by atoms with Crippen molar-refractivity contribution in [3.05, 3.63) is 41.3 Å². The first-order valence-corrected chi connectivity index (χ1v) is 10.8. The number of alkyl carbamates (subject to hydrolysis) is 2. The molecule has 2 aromatic heterocycles. The zero-order valence-electron chi connectivity index (χ0n) is 19.0. The lowest BCUT2D eigenvalue weighted by Gasteiger charge is -2.14. The van der Waals surface area contributed by atoms with Gasteiger partial charge in [0.2, 0.25) is 0 Å². The van der Waals surface area contributed by atoms with E-state index in [1.54, 1.807) is 0 Å². The summed E-state index contributed by atoms with van der Waals surface area (Å²) in [5.74, 6) is 0. The van der Waals surface area contributed by atoms with Crippen LogP contribution in [0.15, 0.2) is 24.5 Å². The number of fused-ring (bicyclic) bond motifs is 1. The van der Waals surface area contributed by atoms with Gasteiger partial charge < -0.3 is 24.7 Å². The molecule has 2 N–H and O–H groups in total. The normalized spacial score (nSPS) is 12.7. The van der Waals surface area contributed by atoms with E-state index in [1.165, 1.54) is 0 Å². The molecule has 0 saturated carbocycles. The van der Waals surface area contributed by atoms with Gasteiger partial charge in [-0.3, -0.25) is 0 Å². The second kappa shape index (κ2) is 9.85. The quantitative estimate of drug-likeness (QED) is 0.662. The van der Waals surface area contributed by atoms with Gasteiger partial charge in [-0.2, -0.15) is 0 Å². The van der Waals surface area contributed by atoms with E-state index in [4.69, 9.17) is 9.47 Å². The van der Waals surface area contributed by atoms with E-state index in [2.05, 4.69) is 27.3 Å². The summed E-state index contributed by atoms with van der Waals surface area (Å²) >= 11 is 0. The summed E-state index contributed by atoms with van der Waals surface area (Å²) in [5.41, 5.74) is 5.02. The lowest BCUT2D eigenvalue weighted by Crippen LogP contribution is -2.31. The Morgan fingerprint density at radius 3 is 2.10 bits per heavy atom. The van der Waals surface area contributed by atoms with Crippen molar-refractivity contribution in [1.82, 2.24) is 15.2 Å². The minimum absolute atomic E-state index is 0.00425. The van der Waals surface area contributed by atoms with E-state index < -0.39 is 12.2 Å². The van der Waals surface area contributed by atoms with Gasteiger partial charge in [0.15, 0.2) is 12.4 Å². The number of nitrogens with one attached hydrogen (secondary N) is 2. The molecule has 0 unspecified atom stereocenters. The molecule has 3 heterocycles. The molecule has 2 aromatic rings. The number of ether oxygens (including phenoxy) is 2. The highest BCUT2D eigenvalue weighted by Gasteiger charge is 2.28. The van der Waals surface area contributed by atoms with Crippen molar-refractivity contribution >= 4 is 12.2 Å². The Morgan fingerprint density at radius 2 is 1.55 bits per heavy atom. The zero-order chi connectivity index (χ0) is 22.5. The van der Waals surface area contributed by atoms with Crippen LogP contribution in [0.2, 0.25) is 0 Å². The smallest absolute Gasteiger partial charge is 0.407 e. The van der Waals surface area contributed by atoms with Gasteiger partial charge in [-0.25, -0.2) is 14.2 Å². The largest absolute Gasteiger partial charge is 0.445 e. The molecule has 0 atom stereocenters. The molecule has 0 fully saturated rings. The van der Waals surface area contributed by atoms with Crippen molar-refractivity contribution in [2.45, 2.75) is 72.4 Å². The number of pyridine rings is 1. The lowest BCUT2D eigenvalue weighted by molar-refractivity contribution is -0.671. The van der Waals surface area contributed by atoms with E-state index in [1.807, 2.05) is 51.7 Å². The molecule has 8 nitrogen and oxygen atoms in total. The van der Waals surface area contributed by atoms with Crippen LogP contribution in [0.4, 0.5) is 9.59 Å². The second-order valence-corrected chi connectivity index (χ2v) is 8.51. The molecule has 31 heavy (non-hydrogen) atoms. The van der Waals surface area contributed by atoms with Gasteiger partial charge in [0.05, 0.1) is 5.69 Å². The van der Waals surface area contributed by atoms with Crippen molar-refractivity contribution in [2.24, 2.45) is 7.05 Å². The van der Waals surface area contributed by atoms with E-state index in [9.17, 15) is 9.59 Å². The number of hydrogen-bond acceptors (Lipinski definition) is 4. The van der Waals surface area contributed by atoms with Gasteiger partial charge in [0.25, 0.3) is 0 Å². The van der Waals surface area contributed by atoms with Crippen molar-refractivity contribution in [2.75, 3.05) is 0 Å². The number of aryl methyl sites for hydroxylation is 1. The zero-order valence-corrected chi connectivity index (χ0v) is 19.0. The second-order valence-electron chi connectivity index (χ2n) is 8.51. The number of hydrogen-bond donors (Lipinski definition) is 2. The summed E-state index contributed by atoms with van der Waals surface area (Å²) < 4.78 is 15.3. The molecule has 1 aliphatic rings. The van der Waals surface area contributed by atoms with Crippen LogP contribution in [0.3, 0.4) is 0 Å². The summed E-state index contributed by atoms with van der Waals surface area (Å²) in [6.45, 7) is 8.68. The molecule has 2 amide bonds. The Morgan fingerprint density at radius 1 is 1.00 bits per heavy atom. The third-order valence-corrected chi connectivity index (χ3v) is 5.15. The van der Waals surface area contributed by atoms with Crippen molar-refractivity contribution in [1.29, 1.82) is 0 Å². The molecule has 0 spiro atoms. The predicted molar refractivity (Wildman–Crippen MR) is 116 cm³/mol. The lowest BCUT2D eigenvalue weighted by atomic mass is 10.0. The molecule has 0 saturated heterocycles. The van der Waals surface area contributed by atoms with Gasteiger partial charge in [-0.15, -0.1) is 0 Å². The first-order valence-electron chi connectivity index (χ1n) is 10.8. The Kier molecular flexibility index (Phi) is 7.20. The van der Waals surface area contributed by atoms with Crippen LogP contribution in [0.25, 0.3) is 11.3 Å². The van der Waals surface area contributed by atoms with E-state index in [0.717, 1.165) is 47.5 Å². The summed E-state index contributed by atoms with van der Waals surface area (Å²) in [6, 6.07) is 4.08. The SMILES string of the molecule is CC(C)NC(=O)OCc1c(COC(=O)NC(C)C)c(-c2cc[n+](C)cc2)n2c1CCC2. The minimum Gasteiger partial charge on any atom is -0.445 e. The molecule has 168 valence electrons. The molecule has 0 aromatic carbocycles. The van der Waals surface area contributed by atoms with Crippen LogP contribution in [-0.4, -0.2) is 28.8 Å². The van der Waals surface area contributed by atoms with Gasteiger partial charge in [0.1, 0.15) is 20.3 Å². The van der Waals surface area contributed by atoms with Gasteiger partial charge >= 0.3 is 12.2 Å². The highest BCUT2D eigenvalue weighted by Crippen LogP contribution is 2.36. The maximum atomic E-state index is 12.2. The first-order chi connectivity index (χ1) is 14.8. The van der Waals surface area contributed by atoms with Crippen molar-refractivity contribution in [3.63, 3.8) is 0 Å². The van der Waals surface area contributed by atoms with Crippen molar-refractivity contribution < 1.29 is 23.6 Å². The summed E-state index contributed by atoms with van der Waals surface area (Å²) in [4.78, 5) is 24.3. The van der Waals surface area contributed by atoms with Crippen LogP contribution in [0.5, 0.6) is 0 Å². The monoisotopic (exact) mass is 429 g/mol. The molecule has 0 aliphatic carbocycles. The van der Waals surface area contributed by atoms with Crippen LogP contribution < -0.4 is 15.2 Å². The molecule has 1 aliphatic heterocycles. The average Bonchev–Trinajstić information content (AvgIpc) is 3.25. The number of amides is 2. The molecular weight excluding hydrogens is 396 g/mol. The maximum absolute atomic E-state index is 12.2. The Bertz CT molecular complexity index is 932. The fraction of sp³-hybridized carbons (Fsp3) is 0.522. The first kappa shape index (κ1) is 22.7. The highest BCUT2D eigenvalue weighted by atomic mass is 16.6. The number of nitrogens with zero attached hydrogens (tertiary/aromatic N) is 2. The van der Waals surface area contributed by atoms with Gasteiger partial charge in [0, 0.05) is 53.1 Å². The Balaban J connectivity index is 1.95. The molecule has 3 rings (SSSR count). The van der Waals surface area contributed by atoms with Crippen LogP contribution in [0.1, 0.15) is 50.9 Å². The third kappa shape index (κ3) is 5.57. The van der Waals surface area contributed by atoms with Gasteiger partial charge in [-0.05, 0) is 40.5 Å². The minimum atomic E-state index is -0.462. The van der Waals surface area contributed by atoms with Crippen molar-refractivity contribution in [3.8, 4) is 11.3 Å². The Hall–Kier alpha value is -3.03. The highest BCUT2D eigenvalue weighted by molar-refractivity contribution is 5.71. The summed E-state index contributed by atoms with van der Waals surface area (Å²) in [7, 11) is 1.97. The van der Waals surface area contributed by atoms with E-state index in [-0.39, 0.29) is 25.3 Å². The van der Waals surface area contributed by atoms with Gasteiger partial charge in [-0.1, -0.05) is 0 Å². The fourth-order valence-electron chi connectivity index (χ4n) is 3.86. The summed E-state index contributed by atoms with van der Waals surface area (Å²) in [5, 5.41) is 5.50. The van der Waals surface area contributed by atoms with E-state index >= 15 is 0 Å². The topological polar surface area (TPSA) is 85.5 Å². The number of aromatic nitrogens is 2. The predicted octanol–water partition coefficient (Wildman–Crippen LogP) is 3.20. The van der Waals surface area contributed by atoms with Crippen LogP contribution in [-0.2, 0) is 42.7 Å². The summed E-state index contributed by atoms with van der Waals surface area (Å²) in [6.07, 6.45) is 5.00. The number of rotatable bonds is 7. The molecule has 0 bridgehead atoms. The molecule has 0 radical (unpaired) electrons. The third-order valence-electron chi connectivity index (χ3n) is 5.15. The van der Waals surface area contributed by atoms with Crippen LogP contribution >= 0.6 is 0 Å². The number of carbonyl (C=O) groups excluding carboxylic acids is 2. The van der Waals surface area contributed by atoms with Crippen LogP contribution in [0, 0.1) is 0 Å². The number of carbonyl (C=O) groups is 2. The molecule has 8 heteroatoms. The average molecular weight is 430 g/mol. The van der Waals surface area contributed by atoms with E-state index in [0.29, 0.717) is 0 Å². The maximum Gasteiger partial charge on any atom is 0.407 e. The molecular formula is C23H33N4O4+.